The quantitative estimate of drug-likeness (QED) is 0.456. The number of hydrogen-bond acceptors (Lipinski definition) is 5. The Morgan fingerprint density at radius 3 is 2.55 bits per heavy atom. The number of hydrogen-bond donors (Lipinski definition) is 1. The number of nitrogens with zero attached hydrogens (tertiary/aromatic N) is 2. The molecule has 6 nitrogen and oxygen atoms in total. The molecule has 0 saturated carbocycles. The van der Waals surface area contributed by atoms with Gasteiger partial charge < -0.3 is 5.32 Å². The lowest BCUT2D eigenvalue weighted by Gasteiger charge is -2.19. The van der Waals surface area contributed by atoms with Gasteiger partial charge in [-0.05, 0) is 53.1 Å². The fraction of sp³-hybridized carbons (Fsp3) is 0.136. The molecule has 0 bridgehead atoms. The van der Waals surface area contributed by atoms with E-state index in [1.54, 1.807) is 30.3 Å². The standard InChI is InChI=1S/C22H18FN3O3/c23-19-7-4-16(5-8-19)20(17-3-1-2-15(12-17)14-27)10-11-24-22(28)18-6-9-21(26-29)25-13-18/h1-9,12-14,20H,10-11H2,(H,24,28). The summed E-state index contributed by atoms with van der Waals surface area (Å²) >= 11 is 0. The number of amides is 1. The molecular formula is C22H18FN3O3. The number of halogens is 1. The summed E-state index contributed by atoms with van der Waals surface area (Å²) in [6, 6.07) is 16.2. The Bertz CT molecular complexity index is 1000. The highest BCUT2D eigenvalue weighted by molar-refractivity contribution is 5.93. The van der Waals surface area contributed by atoms with Crippen LogP contribution in [0.15, 0.2) is 72.0 Å². The number of benzene rings is 2. The summed E-state index contributed by atoms with van der Waals surface area (Å²) in [5.74, 6) is -0.777. The van der Waals surface area contributed by atoms with Gasteiger partial charge in [-0.25, -0.2) is 9.37 Å². The Labute approximate surface area is 166 Å². The maximum absolute atomic E-state index is 13.3. The Morgan fingerprint density at radius 1 is 1.10 bits per heavy atom. The van der Waals surface area contributed by atoms with Crippen molar-refractivity contribution in [2.45, 2.75) is 12.3 Å². The second kappa shape index (κ2) is 9.45. The fourth-order valence-corrected chi connectivity index (χ4v) is 3.08. The lowest BCUT2D eigenvalue weighted by Crippen LogP contribution is -2.26. The number of nitrogens with one attached hydrogen (secondary N) is 1. The zero-order valence-corrected chi connectivity index (χ0v) is 15.4. The highest BCUT2D eigenvalue weighted by Crippen LogP contribution is 2.28. The summed E-state index contributed by atoms with van der Waals surface area (Å²) < 4.78 is 13.3. The third-order valence-electron chi connectivity index (χ3n) is 4.54. The van der Waals surface area contributed by atoms with Gasteiger partial charge >= 0.3 is 0 Å². The van der Waals surface area contributed by atoms with Crippen molar-refractivity contribution in [2.75, 3.05) is 6.54 Å². The predicted octanol–water partition coefficient (Wildman–Crippen LogP) is 4.38. The highest BCUT2D eigenvalue weighted by atomic mass is 19.1. The van der Waals surface area contributed by atoms with Crippen LogP contribution in [0, 0.1) is 10.7 Å². The van der Waals surface area contributed by atoms with Gasteiger partial charge in [0.25, 0.3) is 5.91 Å². The minimum Gasteiger partial charge on any atom is -0.352 e. The van der Waals surface area contributed by atoms with Gasteiger partial charge in [0, 0.05) is 24.2 Å². The van der Waals surface area contributed by atoms with Crippen molar-refractivity contribution < 1.29 is 14.0 Å². The van der Waals surface area contributed by atoms with Gasteiger partial charge in [-0.15, -0.1) is 4.91 Å². The average Bonchev–Trinajstić information content (AvgIpc) is 2.77. The van der Waals surface area contributed by atoms with E-state index in [1.165, 1.54) is 30.5 Å². The lowest BCUT2D eigenvalue weighted by atomic mass is 9.87. The number of carbonyl (C=O) groups excluding carboxylic acids is 2. The van der Waals surface area contributed by atoms with Crippen LogP contribution in [0.3, 0.4) is 0 Å². The summed E-state index contributed by atoms with van der Waals surface area (Å²) in [5.41, 5.74) is 2.65. The van der Waals surface area contributed by atoms with Crippen molar-refractivity contribution in [1.82, 2.24) is 10.3 Å². The van der Waals surface area contributed by atoms with Gasteiger partial charge in [0.1, 0.15) is 12.1 Å². The van der Waals surface area contributed by atoms with Crippen molar-refractivity contribution in [3.63, 3.8) is 0 Å². The molecule has 1 aromatic heterocycles. The first-order valence-corrected chi connectivity index (χ1v) is 8.99. The third-order valence-corrected chi connectivity index (χ3v) is 4.54. The number of carbonyl (C=O) groups is 2. The minimum atomic E-state index is -0.330. The Kier molecular flexibility index (Phi) is 6.52. The van der Waals surface area contributed by atoms with Crippen LogP contribution in [0.25, 0.3) is 0 Å². The summed E-state index contributed by atoms with van der Waals surface area (Å²) in [6.45, 7) is 0.347. The van der Waals surface area contributed by atoms with E-state index in [9.17, 15) is 18.9 Å². The number of rotatable bonds is 8. The normalized spacial score (nSPS) is 11.5. The number of pyridine rings is 1. The molecule has 1 N–H and O–H groups in total. The zero-order chi connectivity index (χ0) is 20.6. The van der Waals surface area contributed by atoms with Crippen LogP contribution in [0.5, 0.6) is 0 Å². The Hall–Kier alpha value is -3.74. The number of aldehydes is 1. The van der Waals surface area contributed by atoms with Crippen LogP contribution in [-0.4, -0.2) is 23.7 Å². The van der Waals surface area contributed by atoms with E-state index in [-0.39, 0.29) is 23.5 Å². The molecule has 1 heterocycles. The topological polar surface area (TPSA) is 88.5 Å². The summed E-state index contributed by atoms with van der Waals surface area (Å²) in [5, 5.41) is 5.51. The largest absolute Gasteiger partial charge is 0.352 e. The average molecular weight is 391 g/mol. The molecule has 0 aliphatic carbocycles. The highest BCUT2D eigenvalue weighted by Gasteiger charge is 2.16. The van der Waals surface area contributed by atoms with Gasteiger partial charge in [0.15, 0.2) is 5.82 Å². The molecular weight excluding hydrogens is 373 g/mol. The van der Waals surface area contributed by atoms with E-state index in [0.717, 1.165) is 17.4 Å². The molecule has 3 aromatic rings. The summed E-state index contributed by atoms with van der Waals surface area (Å²) in [4.78, 5) is 37.6. The van der Waals surface area contributed by atoms with Crippen LogP contribution in [0.1, 0.15) is 44.2 Å². The molecule has 1 amide bonds. The maximum Gasteiger partial charge on any atom is 0.252 e. The van der Waals surface area contributed by atoms with Gasteiger partial charge in [-0.3, -0.25) is 9.59 Å². The predicted molar refractivity (Wildman–Crippen MR) is 107 cm³/mol. The zero-order valence-electron chi connectivity index (χ0n) is 15.4. The van der Waals surface area contributed by atoms with Crippen molar-refractivity contribution in [3.05, 3.63) is 99.8 Å². The first-order chi connectivity index (χ1) is 14.1. The van der Waals surface area contributed by atoms with Gasteiger partial charge in [-0.2, -0.15) is 0 Å². The first-order valence-electron chi connectivity index (χ1n) is 8.99. The smallest absolute Gasteiger partial charge is 0.252 e. The molecule has 7 heteroatoms. The molecule has 0 spiro atoms. The van der Waals surface area contributed by atoms with Gasteiger partial charge in [-0.1, -0.05) is 30.3 Å². The first kappa shape index (κ1) is 20.0. The molecule has 3 rings (SSSR count). The molecule has 2 aromatic carbocycles. The summed E-state index contributed by atoms with van der Waals surface area (Å²) in [7, 11) is 0. The van der Waals surface area contributed by atoms with Crippen LogP contribution in [0.4, 0.5) is 10.2 Å². The fourth-order valence-electron chi connectivity index (χ4n) is 3.08. The van der Waals surface area contributed by atoms with Crippen molar-refractivity contribution in [1.29, 1.82) is 0 Å². The van der Waals surface area contributed by atoms with E-state index in [4.69, 9.17) is 0 Å². The van der Waals surface area contributed by atoms with Crippen LogP contribution >= 0.6 is 0 Å². The lowest BCUT2D eigenvalue weighted by molar-refractivity contribution is 0.0952. The molecule has 0 saturated heterocycles. The number of aromatic nitrogens is 1. The van der Waals surface area contributed by atoms with E-state index >= 15 is 0 Å². The molecule has 0 aliphatic rings. The minimum absolute atomic E-state index is 0.00739. The SMILES string of the molecule is O=Cc1cccc(C(CCNC(=O)c2ccc(N=O)nc2)c2ccc(F)cc2)c1. The second-order valence-electron chi connectivity index (χ2n) is 6.43. The summed E-state index contributed by atoms with van der Waals surface area (Å²) in [6.07, 6.45) is 2.61. The Morgan fingerprint density at radius 2 is 1.90 bits per heavy atom. The van der Waals surface area contributed by atoms with E-state index in [0.29, 0.717) is 24.1 Å². The molecule has 146 valence electrons. The molecule has 29 heavy (non-hydrogen) atoms. The molecule has 1 unspecified atom stereocenters. The van der Waals surface area contributed by atoms with Crippen LogP contribution in [-0.2, 0) is 0 Å². The van der Waals surface area contributed by atoms with E-state index in [1.807, 2.05) is 6.07 Å². The van der Waals surface area contributed by atoms with Crippen molar-refractivity contribution in [2.24, 2.45) is 5.18 Å². The second-order valence-corrected chi connectivity index (χ2v) is 6.43. The molecule has 0 fully saturated rings. The van der Waals surface area contributed by atoms with E-state index in [2.05, 4.69) is 15.5 Å². The maximum atomic E-state index is 13.3. The van der Waals surface area contributed by atoms with Crippen molar-refractivity contribution in [3.8, 4) is 0 Å². The van der Waals surface area contributed by atoms with Crippen molar-refractivity contribution >= 4 is 18.0 Å². The third kappa shape index (κ3) is 5.16. The van der Waals surface area contributed by atoms with Gasteiger partial charge in [0.05, 0.1) is 5.56 Å². The van der Waals surface area contributed by atoms with E-state index < -0.39 is 0 Å². The van der Waals surface area contributed by atoms with Crippen LogP contribution in [0.2, 0.25) is 0 Å². The number of nitroso groups, excluding NO2 is 1. The molecule has 0 aliphatic heterocycles. The van der Waals surface area contributed by atoms with Crippen LogP contribution < -0.4 is 5.32 Å². The molecule has 0 radical (unpaired) electrons. The molecule has 1 atom stereocenters. The van der Waals surface area contributed by atoms with Gasteiger partial charge in [0.2, 0.25) is 0 Å². The Balaban J connectivity index is 1.74. The monoisotopic (exact) mass is 391 g/mol.